The summed E-state index contributed by atoms with van der Waals surface area (Å²) in [5, 5.41) is 3.21. The fourth-order valence-electron chi connectivity index (χ4n) is 2.59. The largest absolute Gasteiger partial charge is 0.493 e. The van der Waals surface area contributed by atoms with Gasteiger partial charge in [-0.15, -0.1) is 0 Å². The molecule has 0 amide bonds. The fourth-order valence-corrected chi connectivity index (χ4v) is 2.59. The van der Waals surface area contributed by atoms with E-state index in [0.29, 0.717) is 23.1 Å². The zero-order valence-electron chi connectivity index (χ0n) is 14.8. The Morgan fingerprint density at radius 2 is 1.50 bits per heavy atom. The molecular formula is C19H20N4O3. The van der Waals surface area contributed by atoms with Crippen LogP contribution in [0.15, 0.2) is 48.5 Å². The molecule has 3 rings (SSSR count). The molecule has 0 aliphatic heterocycles. The van der Waals surface area contributed by atoms with Crippen LogP contribution in [0.3, 0.4) is 0 Å². The first-order valence-corrected chi connectivity index (χ1v) is 7.91. The third kappa shape index (κ3) is 3.61. The third-order valence-corrected chi connectivity index (χ3v) is 3.75. The lowest BCUT2D eigenvalue weighted by Gasteiger charge is -2.15. The summed E-state index contributed by atoms with van der Waals surface area (Å²) >= 11 is 0. The van der Waals surface area contributed by atoms with Crippen molar-refractivity contribution >= 4 is 17.5 Å². The Morgan fingerprint density at radius 3 is 2.08 bits per heavy atom. The quantitative estimate of drug-likeness (QED) is 0.701. The van der Waals surface area contributed by atoms with Crippen molar-refractivity contribution in [3.8, 4) is 28.5 Å². The lowest BCUT2D eigenvalue weighted by atomic mass is 10.1. The molecule has 3 N–H and O–H groups in total. The topological polar surface area (TPSA) is 91.5 Å². The SMILES string of the molecule is COc1cc(Nc2cc(-c3ccccc3)nc(N)n2)cc(OC)c1OC. The first-order chi connectivity index (χ1) is 12.6. The number of anilines is 3. The van der Waals surface area contributed by atoms with E-state index in [9.17, 15) is 0 Å². The molecule has 0 unspecified atom stereocenters. The number of methoxy groups -OCH3 is 3. The lowest BCUT2D eigenvalue weighted by Crippen LogP contribution is -2.02. The molecule has 134 valence electrons. The molecule has 0 bridgehead atoms. The summed E-state index contributed by atoms with van der Waals surface area (Å²) in [5.74, 6) is 2.35. The minimum absolute atomic E-state index is 0.182. The van der Waals surface area contributed by atoms with E-state index in [1.54, 1.807) is 33.5 Å². The normalized spacial score (nSPS) is 10.3. The molecular weight excluding hydrogens is 332 g/mol. The first-order valence-electron chi connectivity index (χ1n) is 7.91. The standard InChI is InChI=1S/C19H20N4O3/c1-24-15-9-13(10-16(25-2)18(15)26-3)21-17-11-14(22-19(20)23-17)12-7-5-4-6-8-12/h4-11H,1-3H3,(H3,20,21,22,23). The molecule has 0 saturated heterocycles. The van der Waals surface area contributed by atoms with Gasteiger partial charge in [-0.3, -0.25) is 0 Å². The van der Waals surface area contributed by atoms with Crippen LogP contribution >= 0.6 is 0 Å². The van der Waals surface area contributed by atoms with Gasteiger partial charge in [0.2, 0.25) is 11.7 Å². The van der Waals surface area contributed by atoms with Crippen LogP contribution in [-0.4, -0.2) is 31.3 Å². The number of benzene rings is 2. The average Bonchev–Trinajstić information content (AvgIpc) is 2.67. The first kappa shape index (κ1) is 17.3. The highest BCUT2D eigenvalue weighted by atomic mass is 16.5. The van der Waals surface area contributed by atoms with Crippen LogP contribution in [0.1, 0.15) is 0 Å². The van der Waals surface area contributed by atoms with Gasteiger partial charge in [-0.05, 0) is 0 Å². The molecule has 26 heavy (non-hydrogen) atoms. The maximum absolute atomic E-state index is 5.88. The highest BCUT2D eigenvalue weighted by Gasteiger charge is 2.14. The van der Waals surface area contributed by atoms with Gasteiger partial charge in [0.1, 0.15) is 5.82 Å². The number of nitrogens with two attached hydrogens (primary N) is 1. The van der Waals surface area contributed by atoms with Crippen LogP contribution < -0.4 is 25.3 Å². The Balaban J connectivity index is 1.98. The fraction of sp³-hybridized carbons (Fsp3) is 0.158. The van der Waals surface area contributed by atoms with Crippen molar-refractivity contribution in [1.82, 2.24) is 9.97 Å². The second-order valence-electron chi connectivity index (χ2n) is 5.40. The van der Waals surface area contributed by atoms with Crippen LogP contribution in [0.4, 0.5) is 17.5 Å². The smallest absolute Gasteiger partial charge is 0.222 e. The van der Waals surface area contributed by atoms with Crippen molar-refractivity contribution < 1.29 is 14.2 Å². The van der Waals surface area contributed by atoms with E-state index in [2.05, 4.69) is 15.3 Å². The minimum atomic E-state index is 0.182. The van der Waals surface area contributed by atoms with E-state index in [4.69, 9.17) is 19.9 Å². The summed E-state index contributed by atoms with van der Waals surface area (Å²) < 4.78 is 16.1. The highest BCUT2D eigenvalue weighted by Crippen LogP contribution is 2.40. The van der Waals surface area contributed by atoms with Gasteiger partial charge in [0.25, 0.3) is 0 Å². The third-order valence-electron chi connectivity index (χ3n) is 3.75. The maximum Gasteiger partial charge on any atom is 0.222 e. The van der Waals surface area contributed by atoms with E-state index in [0.717, 1.165) is 16.9 Å². The Bertz CT molecular complexity index is 876. The predicted octanol–water partition coefficient (Wildman–Crippen LogP) is 3.50. The molecule has 0 radical (unpaired) electrons. The Labute approximate surface area is 151 Å². The maximum atomic E-state index is 5.88. The van der Waals surface area contributed by atoms with Gasteiger partial charge in [0, 0.05) is 29.4 Å². The summed E-state index contributed by atoms with van der Waals surface area (Å²) in [6.45, 7) is 0. The lowest BCUT2D eigenvalue weighted by molar-refractivity contribution is 0.324. The van der Waals surface area contributed by atoms with Gasteiger partial charge in [-0.2, -0.15) is 4.98 Å². The van der Waals surface area contributed by atoms with E-state index >= 15 is 0 Å². The molecule has 0 atom stereocenters. The molecule has 0 saturated carbocycles. The summed E-state index contributed by atoms with van der Waals surface area (Å²) in [5.41, 5.74) is 8.28. The van der Waals surface area contributed by atoms with Crippen molar-refractivity contribution in [1.29, 1.82) is 0 Å². The van der Waals surface area contributed by atoms with E-state index < -0.39 is 0 Å². The molecule has 7 nitrogen and oxygen atoms in total. The van der Waals surface area contributed by atoms with Crippen LogP contribution in [0, 0.1) is 0 Å². The summed E-state index contributed by atoms with van der Waals surface area (Å²) in [7, 11) is 4.69. The zero-order chi connectivity index (χ0) is 18.5. The summed E-state index contributed by atoms with van der Waals surface area (Å²) in [4.78, 5) is 8.55. The van der Waals surface area contributed by atoms with Gasteiger partial charge < -0.3 is 25.3 Å². The second-order valence-corrected chi connectivity index (χ2v) is 5.40. The van der Waals surface area contributed by atoms with Crippen molar-refractivity contribution in [3.63, 3.8) is 0 Å². The van der Waals surface area contributed by atoms with Gasteiger partial charge in [-0.25, -0.2) is 4.98 Å². The Hall–Kier alpha value is -3.48. The number of hydrogen-bond acceptors (Lipinski definition) is 7. The van der Waals surface area contributed by atoms with Gasteiger partial charge in [0.05, 0.1) is 27.0 Å². The minimum Gasteiger partial charge on any atom is -0.493 e. The van der Waals surface area contributed by atoms with Crippen LogP contribution in [-0.2, 0) is 0 Å². The molecule has 1 heterocycles. The van der Waals surface area contributed by atoms with Gasteiger partial charge >= 0.3 is 0 Å². The molecule has 7 heteroatoms. The van der Waals surface area contributed by atoms with E-state index in [-0.39, 0.29) is 5.95 Å². The number of aromatic nitrogens is 2. The molecule has 0 spiro atoms. The molecule has 2 aromatic carbocycles. The molecule has 0 aliphatic rings. The molecule has 0 aliphatic carbocycles. The van der Waals surface area contributed by atoms with E-state index in [1.807, 2.05) is 36.4 Å². The molecule has 0 fully saturated rings. The number of nitrogens with zero attached hydrogens (tertiary/aromatic N) is 2. The van der Waals surface area contributed by atoms with Crippen LogP contribution in [0.25, 0.3) is 11.3 Å². The number of rotatable bonds is 6. The zero-order valence-corrected chi connectivity index (χ0v) is 14.8. The van der Waals surface area contributed by atoms with Crippen molar-refractivity contribution in [2.24, 2.45) is 0 Å². The van der Waals surface area contributed by atoms with Crippen LogP contribution in [0.5, 0.6) is 17.2 Å². The van der Waals surface area contributed by atoms with Crippen LogP contribution in [0.2, 0.25) is 0 Å². The number of nitrogen functional groups attached to an aromatic ring is 1. The van der Waals surface area contributed by atoms with Gasteiger partial charge in [0.15, 0.2) is 11.5 Å². The van der Waals surface area contributed by atoms with Gasteiger partial charge in [-0.1, -0.05) is 30.3 Å². The molecule has 1 aromatic heterocycles. The Kier molecular flexibility index (Phi) is 5.07. The summed E-state index contributed by atoms with van der Waals surface area (Å²) in [6, 6.07) is 15.2. The predicted molar refractivity (Wildman–Crippen MR) is 101 cm³/mol. The number of nitrogens with one attached hydrogen (secondary N) is 1. The number of ether oxygens (including phenoxy) is 3. The van der Waals surface area contributed by atoms with Crippen molar-refractivity contribution in [2.75, 3.05) is 32.4 Å². The monoisotopic (exact) mass is 352 g/mol. The van der Waals surface area contributed by atoms with Crippen molar-refractivity contribution in [2.45, 2.75) is 0 Å². The molecule has 3 aromatic rings. The Morgan fingerprint density at radius 1 is 0.846 bits per heavy atom. The van der Waals surface area contributed by atoms with E-state index in [1.165, 1.54) is 0 Å². The second kappa shape index (κ2) is 7.60. The van der Waals surface area contributed by atoms with Crippen molar-refractivity contribution in [3.05, 3.63) is 48.5 Å². The summed E-state index contributed by atoms with van der Waals surface area (Å²) in [6.07, 6.45) is 0. The average molecular weight is 352 g/mol. The highest BCUT2D eigenvalue weighted by molar-refractivity contribution is 5.70. The number of hydrogen-bond donors (Lipinski definition) is 2.